The second-order valence-electron chi connectivity index (χ2n) is 6.10. The summed E-state index contributed by atoms with van der Waals surface area (Å²) in [6.45, 7) is 3.93. The van der Waals surface area contributed by atoms with Crippen LogP contribution in [0.1, 0.15) is 42.9 Å². The average molecular weight is 328 g/mol. The van der Waals surface area contributed by atoms with Crippen molar-refractivity contribution in [1.82, 2.24) is 0 Å². The number of ketones is 1. The molecule has 23 heavy (non-hydrogen) atoms. The molecule has 2 rings (SSSR count). The van der Waals surface area contributed by atoms with E-state index in [1.807, 2.05) is 56.3 Å². The molecule has 0 bridgehead atoms. The second-order valence-corrected chi connectivity index (χ2v) is 6.68. The molecule has 0 fully saturated rings. The molecule has 0 radical (unpaired) electrons. The maximum absolute atomic E-state index is 14.0. The van der Waals surface area contributed by atoms with Gasteiger partial charge in [0.05, 0.1) is 0 Å². The van der Waals surface area contributed by atoms with Gasteiger partial charge in [0.1, 0.15) is 11.6 Å². The Morgan fingerprint density at radius 1 is 1.04 bits per heavy atom. The SMILES string of the molecule is CC(C)c1ccc(CC(=S)CC(=O)Cc2ccccc2)cc1F. The lowest BCUT2D eigenvalue weighted by molar-refractivity contribution is -0.117. The first-order valence-corrected chi connectivity index (χ1v) is 8.22. The first-order chi connectivity index (χ1) is 11.0. The third kappa shape index (κ3) is 5.36. The van der Waals surface area contributed by atoms with E-state index in [1.54, 1.807) is 0 Å². The molecule has 0 aliphatic rings. The number of thiocarbonyl (C=S) groups is 1. The summed E-state index contributed by atoms with van der Waals surface area (Å²) < 4.78 is 14.0. The molecule has 3 heteroatoms. The van der Waals surface area contributed by atoms with E-state index in [0.29, 0.717) is 23.3 Å². The number of carbonyl (C=O) groups excluding carboxylic acids is 1. The van der Waals surface area contributed by atoms with Gasteiger partial charge in [0.2, 0.25) is 0 Å². The molecular formula is C20H21FOS. The third-order valence-corrected chi connectivity index (χ3v) is 4.02. The van der Waals surface area contributed by atoms with Crippen LogP contribution in [-0.2, 0) is 17.6 Å². The molecule has 0 heterocycles. The van der Waals surface area contributed by atoms with Crippen molar-refractivity contribution in [2.75, 3.05) is 0 Å². The number of rotatable bonds is 7. The zero-order chi connectivity index (χ0) is 16.8. The number of hydrogen-bond acceptors (Lipinski definition) is 2. The van der Waals surface area contributed by atoms with Crippen molar-refractivity contribution < 1.29 is 9.18 Å². The van der Waals surface area contributed by atoms with E-state index in [4.69, 9.17) is 12.2 Å². The van der Waals surface area contributed by atoms with Crippen molar-refractivity contribution in [3.63, 3.8) is 0 Å². The molecule has 2 aromatic rings. The molecule has 0 N–H and O–H groups in total. The standard InChI is InChI=1S/C20H21FOS/c1-14(2)19-9-8-16(12-20(19)21)11-18(23)13-17(22)10-15-6-4-3-5-7-15/h3-9,12,14H,10-11,13H2,1-2H3. The van der Waals surface area contributed by atoms with Gasteiger partial charge in [-0.2, -0.15) is 0 Å². The van der Waals surface area contributed by atoms with E-state index in [0.717, 1.165) is 11.1 Å². The van der Waals surface area contributed by atoms with Gasteiger partial charge >= 0.3 is 0 Å². The summed E-state index contributed by atoms with van der Waals surface area (Å²) in [4.78, 5) is 12.7. The number of Topliss-reactive ketones (excluding diaryl/α,β-unsaturated/α-hetero) is 1. The normalized spacial score (nSPS) is 10.8. The van der Waals surface area contributed by atoms with Gasteiger partial charge in [0.25, 0.3) is 0 Å². The highest BCUT2D eigenvalue weighted by molar-refractivity contribution is 7.80. The fraction of sp³-hybridized carbons (Fsp3) is 0.300. The van der Waals surface area contributed by atoms with Crippen molar-refractivity contribution in [2.24, 2.45) is 0 Å². The summed E-state index contributed by atoms with van der Waals surface area (Å²) in [6.07, 6.45) is 1.12. The van der Waals surface area contributed by atoms with Gasteiger partial charge in [0, 0.05) is 24.1 Å². The molecule has 0 aliphatic carbocycles. The van der Waals surface area contributed by atoms with E-state index in [1.165, 1.54) is 6.07 Å². The van der Waals surface area contributed by atoms with Crippen molar-refractivity contribution in [3.05, 3.63) is 71.0 Å². The van der Waals surface area contributed by atoms with Crippen LogP contribution in [0.5, 0.6) is 0 Å². The zero-order valence-electron chi connectivity index (χ0n) is 13.5. The van der Waals surface area contributed by atoms with Gasteiger partial charge in [-0.15, -0.1) is 0 Å². The van der Waals surface area contributed by atoms with Crippen LogP contribution >= 0.6 is 12.2 Å². The summed E-state index contributed by atoms with van der Waals surface area (Å²) in [5.41, 5.74) is 2.52. The monoisotopic (exact) mass is 328 g/mol. The summed E-state index contributed by atoms with van der Waals surface area (Å²) in [7, 11) is 0. The number of benzene rings is 2. The molecule has 1 nitrogen and oxygen atoms in total. The van der Waals surface area contributed by atoms with E-state index in [9.17, 15) is 9.18 Å². The van der Waals surface area contributed by atoms with E-state index < -0.39 is 0 Å². The maximum Gasteiger partial charge on any atom is 0.142 e. The van der Waals surface area contributed by atoms with Gasteiger partial charge in [-0.1, -0.05) is 68.5 Å². The van der Waals surface area contributed by atoms with Gasteiger partial charge < -0.3 is 0 Å². The summed E-state index contributed by atoms with van der Waals surface area (Å²) >= 11 is 5.31. The average Bonchev–Trinajstić information content (AvgIpc) is 2.47. The predicted octanol–water partition coefficient (Wildman–Crippen LogP) is 5.06. The van der Waals surface area contributed by atoms with E-state index in [2.05, 4.69) is 0 Å². The Bertz CT molecular complexity index is 692. The highest BCUT2D eigenvalue weighted by Gasteiger charge is 2.11. The van der Waals surface area contributed by atoms with Crippen LogP contribution < -0.4 is 0 Å². The Kier molecular flexibility index (Phi) is 6.17. The number of carbonyl (C=O) groups is 1. The minimum absolute atomic E-state index is 0.0977. The second kappa shape index (κ2) is 8.11. The zero-order valence-corrected chi connectivity index (χ0v) is 14.3. The van der Waals surface area contributed by atoms with Crippen LogP contribution in [0.2, 0.25) is 0 Å². The molecule has 0 aliphatic heterocycles. The predicted molar refractivity (Wildman–Crippen MR) is 96.6 cm³/mol. The largest absolute Gasteiger partial charge is 0.299 e. The van der Waals surface area contributed by atoms with Crippen molar-refractivity contribution in [2.45, 2.75) is 39.0 Å². The Hall–Kier alpha value is -1.87. The van der Waals surface area contributed by atoms with Gasteiger partial charge in [-0.05, 0) is 28.7 Å². The molecule has 0 saturated heterocycles. The van der Waals surface area contributed by atoms with Gasteiger partial charge in [-0.3, -0.25) is 4.79 Å². The first-order valence-electron chi connectivity index (χ1n) is 7.81. The molecule has 120 valence electrons. The van der Waals surface area contributed by atoms with Crippen LogP contribution in [0.15, 0.2) is 48.5 Å². The summed E-state index contributed by atoms with van der Waals surface area (Å²) in [6, 6.07) is 14.9. The Morgan fingerprint density at radius 2 is 1.74 bits per heavy atom. The topological polar surface area (TPSA) is 17.1 Å². The van der Waals surface area contributed by atoms with Gasteiger partial charge in [-0.25, -0.2) is 4.39 Å². The third-order valence-electron chi connectivity index (χ3n) is 3.73. The lowest BCUT2D eigenvalue weighted by Crippen LogP contribution is -2.11. The fourth-order valence-corrected chi connectivity index (χ4v) is 2.87. The lowest BCUT2D eigenvalue weighted by Gasteiger charge is -2.09. The molecule has 0 saturated carbocycles. The van der Waals surface area contributed by atoms with Crippen molar-refractivity contribution >= 4 is 22.9 Å². The minimum atomic E-state index is -0.198. The van der Waals surface area contributed by atoms with Gasteiger partial charge in [0.15, 0.2) is 0 Å². The van der Waals surface area contributed by atoms with Crippen LogP contribution in [0.4, 0.5) is 4.39 Å². The minimum Gasteiger partial charge on any atom is -0.299 e. The molecule has 0 amide bonds. The van der Waals surface area contributed by atoms with E-state index in [-0.39, 0.29) is 23.9 Å². The molecular weight excluding hydrogens is 307 g/mol. The smallest absolute Gasteiger partial charge is 0.142 e. The summed E-state index contributed by atoms with van der Waals surface area (Å²) in [5.74, 6) is 0.0554. The quantitative estimate of drug-likeness (QED) is 0.661. The molecule has 0 aromatic heterocycles. The van der Waals surface area contributed by atoms with Crippen molar-refractivity contribution in [1.29, 1.82) is 0 Å². The Balaban J connectivity index is 1.92. The van der Waals surface area contributed by atoms with Crippen LogP contribution in [0, 0.1) is 5.82 Å². The highest BCUT2D eigenvalue weighted by atomic mass is 32.1. The van der Waals surface area contributed by atoms with Crippen molar-refractivity contribution in [3.8, 4) is 0 Å². The molecule has 0 atom stereocenters. The lowest BCUT2D eigenvalue weighted by atomic mass is 9.98. The van der Waals surface area contributed by atoms with Crippen LogP contribution in [0.3, 0.4) is 0 Å². The first kappa shape index (κ1) is 17.5. The van der Waals surface area contributed by atoms with Crippen LogP contribution in [0.25, 0.3) is 0 Å². The number of hydrogen-bond donors (Lipinski definition) is 0. The van der Waals surface area contributed by atoms with E-state index >= 15 is 0 Å². The fourth-order valence-electron chi connectivity index (χ4n) is 2.54. The Morgan fingerprint density at radius 3 is 2.35 bits per heavy atom. The highest BCUT2D eigenvalue weighted by Crippen LogP contribution is 2.20. The van der Waals surface area contributed by atoms with Crippen LogP contribution in [-0.4, -0.2) is 10.6 Å². The maximum atomic E-state index is 14.0. The molecule has 0 unspecified atom stereocenters. The molecule has 0 spiro atoms. The Labute approximate surface area is 142 Å². The summed E-state index contributed by atoms with van der Waals surface area (Å²) in [5, 5.41) is 0. The molecule has 2 aromatic carbocycles. The number of halogens is 1.